The molecule has 0 atom stereocenters. The zero-order valence-corrected chi connectivity index (χ0v) is 17.9. The highest BCUT2D eigenvalue weighted by Gasteiger charge is 2.20. The summed E-state index contributed by atoms with van der Waals surface area (Å²) in [5.74, 6) is -0.137. The quantitative estimate of drug-likeness (QED) is 0.601. The van der Waals surface area contributed by atoms with Gasteiger partial charge in [0.1, 0.15) is 5.82 Å². The minimum Gasteiger partial charge on any atom is -0.360 e. The highest BCUT2D eigenvalue weighted by molar-refractivity contribution is 5.93. The first kappa shape index (κ1) is 21.4. The van der Waals surface area contributed by atoms with E-state index in [1.54, 1.807) is 6.07 Å². The van der Waals surface area contributed by atoms with Crippen LogP contribution in [0.5, 0.6) is 0 Å². The Balaban J connectivity index is 1.20. The van der Waals surface area contributed by atoms with Gasteiger partial charge >= 0.3 is 6.03 Å². The maximum Gasteiger partial charge on any atom is 0.315 e. The fourth-order valence-corrected chi connectivity index (χ4v) is 4.59. The Morgan fingerprint density at radius 3 is 2.81 bits per heavy atom. The lowest BCUT2D eigenvalue weighted by atomic mass is 9.96. The first-order valence-electron chi connectivity index (χ1n) is 11.4. The van der Waals surface area contributed by atoms with E-state index in [4.69, 9.17) is 0 Å². The number of fused-ring (bicyclic) bond motifs is 1. The van der Waals surface area contributed by atoms with E-state index in [9.17, 15) is 14.0 Å². The van der Waals surface area contributed by atoms with E-state index in [-0.39, 0.29) is 17.8 Å². The number of nitrogens with one attached hydrogen (secondary N) is 3. The van der Waals surface area contributed by atoms with Gasteiger partial charge in [-0.25, -0.2) is 9.18 Å². The number of urea groups is 1. The topological polar surface area (TPSA) is 77.2 Å². The molecule has 1 aliphatic heterocycles. The monoisotopic (exact) mass is 426 g/mol. The fraction of sp³-hybridized carbons (Fsp3) is 0.500. The Bertz CT molecular complexity index is 962. The van der Waals surface area contributed by atoms with Crippen molar-refractivity contribution in [3.05, 3.63) is 41.9 Å². The minimum atomic E-state index is -0.253. The maximum absolute atomic E-state index is 13.4. The number of aromatic amines is 1. The number of amides is 3. The van der Waals surface area contributed by atoms with E-state index >= 15 is 0 Å². The van der Waals surface area contributed by atoms with Crippen LogP contribution >= 0.6 is 0 Å². The average Bonchev–Trinajstić information content (AvgIpc) is 3.20. The first-order valence-corrected chi connectivity index (χ1v) is 11.4. The van der Waals surface area contributed by atoms with E-state index in [1.165, 1.54) is 37.0 Å². The molecule has 1 aromatic heterocycles. The second-order valence-corrected chi connectivity index (χ2v) is 8.55. The van der Waals surface area contributed by atoms with Crippen LogP contribution in [0.4, 0.5) is 9.18 Å². The van der Waals surface area contributed by atoms with Crippen LogP contribution in [0.2, 0.25) is 0 Å². The molecule has 0 spiro atoms. The summed E-state index contributed by atoms with van der Waals surface area (Å²) >= 11 is 0. The largest absolute Gasteiger partial charge is 0.360 e. The molecular formula is C24H31FN4O2. The molecule has 1 aliphatic carbocycles. The predicted molar refractivity (Wildman–Crippen MR) is 120 cm³/mol. The number of hydrogen-bond acceptors (Lipinski definition) is 2. The third-order valence-electron chi connectivity index (χ3n) is 6.34. The molecule has 1 aromatic carbocycles. The third kappa shape index (κ3) is 5.46. The molecule has 3 amide bonds. The Morgan fingerprint density at radius 1 is 1.19 bits per heavy atom. The van der Waals surface area contributed by atoms with Crippen LogP contribution in [0.3, 0.4) is 0 Å². The molecule has 0 radical (unpaired) electrons. The van der Waals surface area contributed by atoms with Gasteiger partial charge in [0.05, 0.1) is 0 Å². The van der Waals surface area contributed by atoms with Crippen LogP contribution in [-0.2, 0) is 4.79 Å². The lowest BCUT2D eigenvalue weighted by Crippen LogP contribution is -2.43. The number of H-pyrrole nitrogens is 1. The van der Waals surface area contributed by atoms with Gasteiger partial charge in [-0.15, -0.1) is 0 Å². The summed E-state index contributed by atoms with van der Waals surface area (Å²) in [5.41, 5.74) is 3.05. The van der Waals surface area contributed by atoms with Crippen LogP contribution in [0.1, 0.15) is 56.9 Å². The smallest absolute Gasteiger partial charge is 0.315 e. The number of carbonyl (C=O) groups excluding carboxylic acids is 2. The second-order valence-electron chi connectivity index (χ2n) is 8.55. The molecule has 0 unspecified atom stereocenters. The van der Waals surface area contributed by atoms with Gasteiger partial charge in [-0.1, -0.05) is 25.3 Å². The summed E-state index contributed by atoms with van der Waals surface area (Å²) in [5, 5.41) is 6.90. The third-order valence-corrected chi connectivity index (χ3v) is 6.34. The van der Waals surface area contributed by atoms with E-state index in [1.807, 2.05) is 11.1 Å². The minimum absolute atomic E-state index is 0.116. The number of rotatable bonds is 6. The molecule has 166 valence electrons. The van der Waals surface area contributed by atoms with Crippen molar-refractivity contribution in [1.82, 2.24) is 20.5 Å². The Kier molecular flexibility index (Phi) is 6.89. The highest BCUT2D eigenvalue weighted by Crippen LogP contribution is 2.29. The highest BCUT2D eigenvalue weighted by atomic mass is 19.1. The van der Waals surface area contributed by atoms with Crippen molar-refractivity contribution in [2.45, 2.75) is 57.4 Å². The van der Waals surface area contributed by atoms with Gasteiger partial charge in [0.25, 0.3) is 0 Å². The van der Waals surface area contributed by atoms with Gasteiger partial charge in [-0.05, 0) is 49.5 Å². The van der Waals surface area contributed by atoms with Gasteiger partial charge in [0.15, 0.2) is 0 Å². The predicted octanol–water partition coefficient (Wildman–Crippen LogP) is 4.33. The summed E-state index contributed by atoms with van der Waals surface area (Å²) in [6.07, 6.45) is 11.6. The number of benzene rings is 1. The van der Waals surface area contributed by atoms with Gasteiger partial charge in [0, 0.05) is 54.8 Å². The molecule has 1 saturated carbocycles. The van der Waals surface area contributed by atoms with Gasteiger partial charge in [-0.2, -0.15) is 0 Å². The zero-order valence-electron chi connectivity index (χ0n) is 17.9. The van der Waals surface area contributed by atoms with Crippen LogP contribution in [0, 0.1) is 5.82 Å². The van der Waals surface area contributed by atoms with E-state index in [2.05, 4.69) is 21.7 Å². The maximum atomic E-state index is 13.4. The molecule has 4 rings (SSSR count). The summed E-state index contributed by atoms with van der Waals surface area (Å²) in [6, 6.07) is 4.94. The summed E-state index contributed by atoms with van der Waals surface area (Å²) in [7, 11) is 0. The van der Waals surface area contributed by atoms with E-state index < -0.39 is 0 Å². The number of nitrogens with zero attached hydrogens (tertiary/aromatic N) is 1. The lowest BCUT2D eigenvalue weighted by molar-refractivity contribution is -0.130. The van der Waals surface area contributed by atoms with Crippen LogP contribution in [-0.4, -0.2) is 47.5 Å². The molecule has 0 saturated heterocycles. The molecular weight excluding hydrogens is 395 g/mol. The van der Waals surface area contributed by atoms with Crippen molar-refractivity contribution in [2.24, 2.45) is 0 Å². The van der Waals surface area contributed by atoms with Crippen molar-refractivity contribution < 1.29 is 14.0 Å². The van der Waals surface area contributed by atoms with Gasteiger partial charge in [0.2, 0.25) is 5.91 Å². The molecule has 2 heterocycles. The number of carbonyl (C=O) groups is 2. The summed E-state index contributed by atoms with van der Waals surface area (Å²) in [4.78, 5) is 29.5. The Hall–Kier alpha value is -2.83. The van der Waals surface area contributed by atoms with Crippen molar-refractivity contribution in [3.8, 4) is 0 Å². The SMILES string of the molecule is O=C(NCCCC(=O)N1CC=C(c2c[nH]c3cc(F)ccc23)CC1)NC1CCCCC1. The van der Waals surface area contributed by atoms with Crippen molar-refractivity contribution in [3.63, 3.8) is 0 Å². The molecule has 31 heavy (non-hydrogen) atoms. The normalized spacial score (nSPS) is 17.5. The molecule has 2 aromatic rings. The van der Waals surface area contributed by atoms with Crippen molar-refractivity contribution in [1.29, 1.82) is 0 Å². The molecule has 6 nitrogen and oxygen atoms in total. The molecule has 0 bridgehead atoms. The van der Waals surface area contributed by atoms with Crippen LogP contribution < -0.4 is 10.6 Å². The molecule has 2 aliphatic rings. The van der Waals surface area contributed by atoms with E-state index in [0.717, 1.165) is 35.7 Å². The second kappa shape index (κ2) is 9.98. The van der Waals surface area contributed by atoms with E-state index in [0.29, 0.717) is 38.5 Å². The van der Waals surface area contributed by atoms with Gasteiger partial charge < -0.3 is 20.5 Å². The number of hydrogen-bond donors (Lipinski definition) is 3. The first-order chi connectivity index (χ1) is 15.1. The van der Waals surface area contributed by atoms with Crippen molar-refractivity contribution in [2.75, 3.05) is 19.6 Å². The zero-order chi connectivity index (χ0) is 21.6. The fourth-order valence-electron chi connectivity index (χ4n) is 4.59. The molecule has 7 heteroatoms. The van der Waals surface area contributed by atoms with Crippen LogP contribution in [0.25, 0.3) is 16.5 Å². The number of aromatic nitrogens is 1. The molecule has 1 fully saturated rings. The summed E-state index contributed by atoms with van der Waals surface area (Å²) < 4.78 is 13.4. The Morgan fingerprint density at radius 2 is 2.03 bits per heavy atom. The molecule has 3 N–H and O–H groups in total. The number of halogens is 1. The standard InChI is InChI=1S/C24H31FN4O2/c25-18-8-9-20-21(16-27-22(20)15-18)17-10-13-29(14-11-17)23(30)7-4-12-26-24(31)28-19-5-2-1-3-6-19/h8-10,15-16,19,27H,1-7,11-14H2,(H2,26,28,31). The van der Waals surface area contributed by atoms with Gasteiger partial charge in [-0.3, -0.25) is 4.79 Å². The van der Waals surface area contributed by atoms with Crippen molar-refractivity contribution >= 4 is 28.4 Å². The Labute approximate surface area is 182 Å². The lowest BCUT2D eigenvalue weighted by Gasteiger charge is -2.26. The summed E-state index contributed by atoms with van der Waals surface area (Å²) in [6.45, 7) is 1.76. The van der Waals surface area contributed by atoms with Crippen LogP contribution in [0.15, 0.2) is 30.5 Å². The average molecular weight is 427 g/mol.